The lowest BCUT2D eigenvalue weighted by molar-refractivity contribution is 0.0910. The van der Waals surface area contributed by atoms with Crippen LogP contribution in [0.15, 0.2) is 0 Å². The molecule has 0 aromatic carbocycles. The van der Waals surface area contributed by atoms with E-state index in [4.69, 9.17) is 5.10 Å². The van der Waals surface area contributed by atoms with Crippen molar-refractivity contribution in [2.45, 2.75) is 71.3 Å². The Morgan fingerprint density at radius 3 is 2.62 bits per heavy atom. The number of ketones is 1. The van der Waals surface area contributed by atoms with E-state index in [1.807, 2.05) is 4.68 Å². The standard InChI is InChI=1S/C17H26N2O2/c1-17(2)10-13-15(14(21)11-17)16(19(18-13)8-9-20)12-6-4-3-5-7-12/h12,20H,3-11H2,1-2H3. The zero-order valence-corrected chi connectivity index (χ0v) is 13.2. The van der Waals surface area contributed by atoms with Crippen molar-refractivity contribution in [1.29, 1.82) is 0 Å². The maximum absolute atomic E-state index is 12.7. The molecule has 1 saturated carbocycles. The lowest BCUT2D eigenvalue weighted by Crippen LogP contribution is -2.27. The molecule has 0 atom stereocenters. The molecule has 3 rings (SSSR count). The molecule has 0 spiro atoms. The first-order valence-electron chi connectivity index (χ1n) is 8.25. The summed E-state index contributed by atoms with van der Waals surface area (Å²) in [5.74, 6) is 0.706. The summed E-state index contributed by atoms with van der Waals surface area (Å²) in [7, 11) is 0. The Labute approximate surface area is 126 Å². The van der Waals surface area contributed by atoms with E-state index in [1.165, 1.54) is 19.3 Å². The van der Waals surface area contributed by atoms with Crippen LogP contribution in [0.25, 0.3) is 0 Å². The summed E-state index contributed by atoms with van der Waals surface area (Å²) >= 11 is 0. The maximum atomic E-state index is 12.7. The van der Waals surface area contributed by atoms with Crippen LogP contribution in [-0.2, 0) is 13.0 Å². The van der Waals surface area contributed by atoms with Crippen molar-refractivity contribution in [3.05, 3.63) is 17.0 Å². The van der Waals surface area contributed by atoms with Gasteiger partial charge >= 0.3 is 0 Å². The zero-order chi connectivity index (χ0) is 15.0. The van der Waals surface area contributed by atoms with Gasteiger partial charge in [-0.15, -0.1) is 0 Å². The maximum Gasteiger partial charge on any atom is 0.167 e. The predicted octanol–water partition coefficient (Wildman–Crippen LogP) is 3.08. The predicted molar refractivity (Wildman–Crippen MR) is 81.6 cm³/mol. The highest BCUT2D eigenvalue weighted by Gasteiger charge is 2.37. The fourth-order valence-electron chi connectivity index (χ4n) is 4.05. The average Bonchev–Trinajstić information content (AvgIpc) is 2.77. The van der Waals surface area contributed by atoms with Gasteiger partial charge in [0.15, 0.2) is 5.78 Å². The highest BCUT2D eigenvalue weighted by atomic mass is 16.3. The van der Waals surface area contributed by atoms with Gasteiger partial charge in [-0.25, -0.2) is 0 Å². The molecule has 0 amide bonds. The largest absolute Gasteiger partial charge is 0.394 e. The third-order valence-electron chi connectivity index (χ3n) is 4.93. The molecule has 0 bridgehead atoms. The zero-order valence-electron chi connectivity index (χ0n) is 13.2. The van der Waals surface area contributed by atoms with Crippen LogP contribution in [0.2, 0.25) is 0 Å². The van der Waals surface area contributed by atoms with Crippen LogP contribution in [0, 0.1) is 5.41 Å². The molecular weight excluding hydrogens is 264 g/mol. The van der Waals surface area contributed by atoms with Crippen molar-refractivity contribution in [3.8, 4) is 0 Å². The number of Topliss-reactive ketones (excluding diaryl/α,β-unsaturated/α-hetero) is 1. The molecule has 0 unspecified atom stereocenters. The second-order valence-corrected chi connectivity index (χ2v) is 7.43. The molecule has 2 aliphatic carbocycles. The smallest absolute Gasteiger partial charge is 0.167 e. The van der Waals surface area contributed by atoms with Gasteiger partial charge in [0.05, 0.1) is 30.1 Å². The van der Waals surface area contributed by atoms with Crippen LogP contribution >= 0.6 is 0 Å². The number of carbonyl (C=O) groups is 1. The van der Waals surface area contributed by atoms with E-state index in [9.17, 15) is 9.90 Å². The first kappa shape index (κ1) is 14.8. The second kappa shape index (κ2) is 5.56. The van der Waals surface area contributed by atoms with Crippen LogP contribution in [0.1, 0.15) is 80.0 Å². The van der Waals surface area contributed by atoms with Crippen molar-refractivity contribution in [1.82, 2.24) is 9.78 Å². The highest BCUT2D eigenvalue weighted by molar-refractivity contribution is 6.00. The molecule has 1 N–H and O–H groups in total. The van der Waals surface area contributed by atoms with Crippen molar-refractivity contribution in [2.24, 2.45) is 5.41 Å². The second-order valence-electron chi connectivity index (χ2n) is 7.43. The summed E-state index contributed by atoms with van der Waals surface area (Å²) in [5, 5.41) is 14.0. The summed E-state index contributed by atoms with van der Waals surface area (Å²) in [6, 6.07) is 0. The first-order valence-corrected chi connectivity index (χ1v) is 8.25. The molecule has 1 aromatic rings. The molecule has 1 aromatic heterocycles. The van der Waals surface area contributed by atoms with Gasteiger partial charge in [-0.3, -0.25) is 9.48 Å². The van der Waals surface area contributed by atoms with E-state index in [1.54, 1.807) is 0 Å². The average molecular weight is 290 g/mol. The molecule has 4 heteroatoms. The summed E-state index contributed by atoms with van der Waals surface area (Å²) in [5.41, 5.74) is 2.99. The Hall–Kier alpha value is -1.16. The fourth-order valence-corrected chi connectivity index (χ4v) is 4.05. The van der Waals surface area contributed by atoms with Crippen molar-refractivity contribution < 1.29 is 9.90 Å². The number of fused-ring (bicyclic) bond motifs is 1. The molecule has 4 nitrogen and oxygen atoms in total. The number of aliphatic hydroxyl groups is 1. The molecule has 1 fully saturated rings. The highest BCUT2D eigenvalue weighted by Crippen LogP contribution is 2.41. The van der Waals surface area contributed by atoms with Gasteiger partial charge in [0.25, 0.3) is 0 Å². The topological polar surface area (TPSA) is 55.1 Å². The third kappa shape index (κ3) is 2.78. The van der Waals surface area contributed by atoms with E-state index < -0.39 is 0 Å². The Morgan fingerprint density at radius 1 is 1.24 bits per heavy atom. The monoisotopic (exact) mass is 290 g/mol. The molecule has 1 heterocycles. The van der Waals surface area contributed by atoms with E-state index in [-0.39, 0.29) is 17.8 Å². The number of hydrogen-bond acceptors (Lipinski definition) is 3. The number of nitrogens with zero attached hydrogens (tertiary/aromatic N) is 2. The number of hydrogen-bond donors (Lipinski definition) is 1. The minimum atomic E-state index is 0.00627. The normalized spacial score (nSPS) is 22.3. The van der Waals surface area contributed by atoms with Crippen LogP contribution in [0.4, 0.5) is 0 Å². The van der Waals surface area contributed by atoms with Gasteiger partial charge in [0.1, 0.15) is 0 Å². The third-order valence-corrected chi connectivity index (χ3v) is 4.93. The van der Waals surface area contributed by atoms with Crippen LogP contribution < -0.4 is 0 Å². The van der Waals surface area contributed by atoms with Gasteiger partial charge < -0.3 is 5.11 Å². The van der Waals surface area contributed by atoms with Crippen molar-refractivity contribution in [3.63, 3.8) is 0 Å². The molecule has 2 aliphatic rings. The lowest BCUT2D eigenvalue weighted by Gasteiger charge is -2.29. The molecule has 0 saturated heterocycles. The quantitative estimate of drug-likeness (QED) is 0.930. The van der Waals surface area contributed by atoms with E-state index >= 15 is 0 Å². The van der Waals surface area contributed by atoms with E-state index in [2.05, 4.69) is 13.8 Å². The first-order chi connectivity index (χ1) is 10.0. The fraction of sp³-hybridized carbons (Fsp3) is 0.765. The van der Waals surface area contributed by atoms with Crippen molar-refractivity contribution in [2.75, 3.05) is 6.61 Å². The summed E-state index contributed by atoms with van der Waals surface area (Å²) in [6.07, 6.45) is 7.57. The number of rotatable bonds is 3. The number of carbonyl (C=O) groups excluding carboxylic acids is 1. The minimum absolute atomic E-state index is 0.00627. The Morgan fingerprint density at radius 2 is 1.95 bits per heavy atom. The molecule has 21 heavy (non-hydrogen) atoms. The molecular formula is C17H26N2O2. The minimum Gasteiger partial charge on any atom is -0.394 e. The SMILES string of the molecule is CC1(C)CC(=O)c2c(nn(CCO)c2C2CCCCC2)C1. The lowest BCUT2D eigenvalue weighted by atomic mass is 9.74. The van der Waals surface area contributed by atoms with Gasteiger partial charge in [-0.1, -0.05) is 33.1 Å². The summed E-state index contributed by atoms with van der Waals surface area (Å²) in [4.78, 5) is 12.7. The molecule has 116 valence electrons. The molecule has 0 aliphatic heterocycles. The van der Waals surface area contributed by atoms with Gasteiger partial charge in [0, 0.05) is 12.3 Å². The van der Waals surface area contributed by atoms with E-state index in [0.717, 1.165) is 36.2 Å². The summed E-state index contributed by atoms with van der Waals surface area (Å²) in [6.45, 7) is 4.86. The van der Waals surface area contributed by atoms with Crippen LogP contribution in [0.3, 0.4) is 0 Å². The van der Waals surface area contributed by atoms with E-state index in [0.29, 0.717) is 18.9 Å². The van der Waals surface area contributed by atoms with Gasteiger partial charge in [0.2, 0.25) is 0 Å². The van der Waals surface area contributed by atoms with Crippen LogP contribution in [-0.4, -0.2) is 27.3 Å². The molecule has 0 radical (unpaired) electrons. The van der Waals surface area contributed by atoms with Gasteiger partial charge in [-0.05, 0) is 24.7 Å². The number of aromatic nitrogens is 2. The van der Waals surface area contributed by atoms with Crippen LogP contribution in [0.5, 0.6) is 0 Å². The number of aliphatic hydroxyl groups excluding tert-OH is 1. The Bertz CT molecular complexity index is 539. The summed E-state index contributed by atoms with van der Waals surface area (Å²) < 4.78 is 1.93. The Kier molecular flexibility index (Phi) is 3.91. The van der Waals surface area contributed by atoms with Crippen molar-refractivity contribution >= 4 is 5.78 Å². The van der Waals surface area contributed by atoms with Gasteiger partial charge in [-0.2, -0.15) is 5.10 Å². The Balaban J connectivity index is 2.04.